The van der Waals surface area contributed by atoms with Crippen molar-refractivity contribution >= 4 is 11.9 Å². The molecule has 0 aliphatic rings. The largest absolute Gasteiger partial charge is 0.416 e. The number of carbonyl (C=O) groups excluding carboxylic acids is 1. The van der Waals surface area contributed by atoms with Crippen LogP contribution in [0.2, 0.25) is 0 Å². The first-order chi connectivity index (χ1) is 10.4. The fourth-order valence-corrected chi connectivity index (χ4v) is 1.79. The Hall–Kier alpha value is -2.87. The molecule has 0 saturated heterocycles. The second-order valence-corrected chi connectivity index (χ2v) is 4.51. The maximum absolute atomic E-state index is 12.4. The molecular formula is C17H10F3NO. The number of rotatable bonds is 3. The van der Waals surface area contributed by atoms with Crippen molar-refractivity contribution in [2.24, 2.45) is 0 Å². The van der Waals surface area contributed by atoms with E-state index in [1.165, 1.54) is 30.4 Å². The normalized spacial score (nSPS) is 11.4. The SMILES string of the molecule is N#Cc1cccc(C(=O)/C=C/c2ccc(C(F)(F)F)cc2)c1. The molecule has 0 heterocycles. The lowest BCUT2D eigenvalue weighted by Crippen LogP contribution is -2.04. The maximum Gasteiger partial charge on any atom is 0.416 e. The Morgan fingerprint density at radius 1 is 1.09 bits per heavy atom. The highest BCUT2D eigenvalue weighted by Crippen LogP contribution is 2.29. The summed E-state index contributed by atoms with van der Waals surface area (Å²) in [4.78, 5) is 11.9. The first kappa shape index (κ1) is 15.5. The van der Waals surface area contributed by atoms with Crippen LogP contribution in [0.25, 0.3) is 6.08 Å². The van der Waals surface area contributed by atoms with Gasteiger partial charge in [0.15, 0.2) is 5.78 Å². The quantitative estimate of drug-likeness (QED) is 0.620. The van der Waals surface area contributed by atoms with E-state index in [4.69, 9.17) is 5.26 Å². The first-order valence-electron chi connectivity index (χ1n) is 6.30. The molecule has 0 amide bonds. The number of halogens is 3. The molecule has 0 aromatic heterocycles. The third-order valence-corrected chi connectivity index (χ3v) is 2.94. The van der Waals surface area contributed by atoms with E-state index >= 15 is 0 Å². The fourth-order valence-electron chi connectivity index (χ4n) is 1.79. The molecular weight excluding hydrogens is 291 g/mol. The Balaban J connectivity index is 2.14. The van der Waals surface area contributed by atoms with Crippen molar-refractivity contribution in [1.82, 2.24) is 0 Å². The molecule has 0 spiro atoms. The van der Waals surface area contributed by atoms with Gasteiger partial charge in [-0.2, -0.15) is 18.4 Å². The Morgan fingerprint density at radius 3 is 2.36 bits per heavy atom. The van der Waals surface area contributed by atoms with Crippen LogP contribution in [0, 0.1) is 11.3 Å². The minimum atomic E-state index is -4.38. The molecule has 0 fully saturated rings. The van der Waals surface area contributed by atoms with Gasteiger partial charge in [0.2, 0.25) is 0 Å². The minimum absolute atomic E-state index is 0.322. The molecule has 0 N–H and O–H groups in total. The van der Waals surface area contributed by atoms with Gasteiger partial charge in [0.25, 0.3) is 0 Å². The van der Waals surface area contributed by atoms with Gasteiger partial charge in [-0.25, -0.2) is 0 Å². The number of nitriles is 1. The predicted molar refractivity (Wildman–Crippen MR) is 76.0 cm³/mol. The summed E-state index contributed by atoms with van der Waals surface area (Å²) in [5.74, 6) is -0.322. The molecule has 0 bridgehead atoms. The third kappa shape index (κ3) is 3.83. The molecule has 2 aromatic rings. The first-order valence-corrected chi connectivity index (χ1v) is 6.30. The van der Waals surface area contributed by atoms with Crippen molar-refractivity contribution in [1.29, 1.82) is 5.26 Å². The molecule has 0 aliphatic heterocycles. The zero-order valence-electron chi connectivity index (χ0n) is 11.3. The lowest BCUT2D eigenvalue weighted by atomic mass is 10.1. The summed E-state index contributed by atoms with van der Waals surface area (Å²) < 4.78 is 37.3. The molecule has 0 radical (unpaired) electrons. The highest BCUT2D eigenvalue weighted by molar-refractivity contribution is 6.06. The van der Waals surface area contributed by atoms with Crippen molar-refractivity contribution in [2.45, 2.75) is 6.18 Å². The molecule has 0 atom stereocenters. The van der Waals surface area contributed by atoms with E-state index < -0.39 is 11.7 Å². The summed E-state index contributed by atoms with van der Waals surface area (Å²) >= 11 is 0. The fraction of sp³-hybridized carbons (Fsp3) is 0.0588. The highest BCUT2D eigenvalue weighted by atomic mass is 19.4. The standard InChI is InChI=1S/C17H10F3NO/c18-17(19,20)15-7-4-12(5-8-15)6-9-16(22)14-3-1-2-13(10-14)11-21/h1-10H/b9-6+. The van der Waals surface area contributed by atoms with E-state index in [2.05, 4.69) is 0 Å². The summed E-state index contributed by atoms with van der Waals surface area (Å²) in [5, 5.41) is 8.77. The molecule has 5 heteroatoms. The van der Waals surface area contributed by atoms with Crippen molar-refractivity contribution < 1.29 is 18.0 Å². The number of hydrogen-bond donors (Lipinski definition) is 0. The Labute approximate surface area is 125 Å². The van der Waals surface area contributed by atoms with E-state index in [9.17, 15) is 18.0 Å². The Morgan fingerprint density at radius 2 is 1.77 bits per heavy atom. The van der Waals surface area contributed by atoms with Crippen LogP contribution in [0.4, 0.5) is 13.2 Å². The number of nitrogens with zero attached hydrogens (tertiary/aromatic N) is 1. The number of hydrogen-bond acceptors (Lipinski definition) is 2. The average Bonchev–Trinajstić information content (AvgIpc) is 2.52. The van der Waals surface area contributed by atoms with Crippen LogP contribution in [0.15, 0.2) is 54.6 Å². The molecule has 0 aliphatic carbocycles. The van der Waals surface area contributed by atoms with E-state index in [0.29, 0.717) is 16.7 Å². The topological polar surface area (TPSA) is 40.9 Å². The summed E-state index contributed by atoms with van der Waals surface area (Å²) in [6.07, 6.45) is -1.68. The van der Waals surface area contributed by atoms with Gasteiger partial charge in [-0.1, -0.05) is 30.3 Å². The van der Waals surface area contributed by atoms with Gasteiger partial charge < -0.3 is 0 Å². The van der Waals surface area contributed by atoms with Crippen LogP contribution in [0.3, 0.4) is 0 Å². The number of carbonyl (C=O) groups is 1. The smallest absolute Gasteiger partial charge is 0.289 e. The molecule has 22 heavy (non-hydrogen) atoms. The number of benzene rings is 2. The van der Waals surface area contributed by atoms with E-state index in [-0.39, 0.29) is 5.78 Å². The molecule has 110 valence electrons. The van der Waals surface area contributed by atoms with Crippen LogP contribution in [0.5, 0.6) is 0 Å². The van der Waals surface area contributed by atoms with Crippen molar-refractivity contribution in [3.05, 3.63) is 76.9 Å². The second-order valence-electron chi connectivity index (χ2n) is 4.51. The average molecular weight is 301 g/mol. The van der Waals surface area contributed by atoms with Gasteiger partial charge in [0.1, 0.15) is 0 Å². The second kappa shape index (κ2) is 6.27. The van der Waals surface area contributed by atoms with Gasteiger partial charge in [-0.15, -0.1) is 0 Å². The molecule has 2 rings (SSSR count). The number of allylic oxidation sites excluding steroid dienone is 1. The van der Waals surface area contributed by atoms with Crippen LogP contribution in [-0.2, 0) is 6.18 Å². The Kier molecular flexibility index (Phi) is 4.42. The highest BCUT2D eigenvalue weighted by Gasteiger charge is 2.29. The van der Waals surface area contributed by atoms with Crippen molar-refractivity contribution in [2.75, 3.05) is 0 Å². The number of alkyl halides is 3. The van der Waals surface area contributed by atoms with Gasteiger partial charge in [0, 0.05) is 5.56 Å². The van der Waals surface area contributed by atoms with Crippen molar-refractivity contribution in [3.8, 4) is 6.07 Å². The van der Waals surface area contributed by atoms with Gasteiger partial charge in [-0.3, -0.25) is 4.79 Å². The van der Waals surface area contributed by atoms with Crippen LogP contribution < -0.4 is 0 Å². The monoisotopic (exact) mass is 301 g/mol. The summed E-state index contributed by atoms with van der Waals surface area (Å²) in [7, 11) is 0. The van der Waals surface area contributed by atoms with Gasteiger partial charge in [0.05, 0.1) is 17.2 Å². The third-order valence-electron chi connectivity index (χ3n) is 2.94. The van der Waals surface area contributed by atoms with Gasteiger partial charge in [-0.05, 0) is 35.9 Å². The van der Waals surface area contributed by atoms with E-state index in [1.807, 2.05) is 6.07 Å². The van der Waals surface area contributed by atoms with Crippen LogP contribution in [0.1, 0.15) is 27.0 Å². The summed E-state index contributed by atoms with van der Waals surface area (Å²) in [6, 6.07) is 12.6. The van der Waals surface area contributed by atoms with Gasteiger partial charge >= 0.3 is 6.18 Å². The van der Waals surface area contributed by atoms with E-state index in [0.717, 1.165) is 12.1 Å². The van der Waals surface area contributed by atoms with E-state index in [1.54, 1.807) is 18.2 Å². The summed E-state index contributed by atoms with van der Waals surface area (Å²) in [5.41, 5.74) is 0.464. The number of ketones is 1. The molecule has 0 saturated carbocycles. The van der Waals surface area contributed by atoms with Crippen LogP contribution in [-0.4, -0.2) is 5.78 Å². The maximum atomic E-state index is 12.4. The van der Waals surface area contributed by atoms with Crippen LogP contribution >= 0.6 is 0 Å². The summed E-state index contributed by atoms with van der Waals surface area (Å²) in [6.45, 7) is 0. The Bertz CT molecular complexity index is 753. The predicted octanol–water partition coefficient (Wildman–Crippen LogP) is 4.47. The molecule has 2 nitrogen and oxygen atoms in total. The minimum Gasteiger partial charge on any atom is -0.289 e. The molecule has 2 aromatic carbocycles. The molecule has 0 unspecified atom stereocenters. The lowest BCUT2D eigenvalue weighted by Gasteiger charge is -2.05. The zero-order valence-corrected chi connectivity index (χ0v) is 11.3. The van der Waals surface area contributed by atoms with Crippen molar-refractivity contribution in [3.63, 3.8) is 0 Å². The zero-order chi connectivity index (χ0) is 16.2. The lowest BCUT2D eigenvalue weighted by molar-refractivity contribution is -0.137.